The number of hydrogen-bond donors (Lipinski definition) is 3. The second-order valence-corrected chi connectivity index (χ2v) is 0.976. The summed E-state index contributed by atoms with van der Waals surface area (Å²) < 4.78 is 0. The van der Waals surface area contributed by atoms with E-state index >= 15 is 0 Å². The highest BCUT2D eigenvalue weighted by Gasteiger charge is 1.78. The van der Waals surface area contributed by atoms with Gasteiger partial charge in [0.1, 0.15) is 5.84 Å². The second-order valence-electron chi connectivity index (χ2n) is 0.976. The second kappa shape index (κ2) is 2.66. The molecule has 0 radical (unpaired) electrons. The van der Waals surface area contributed by atoms with Crippen LogP contribution in [0.4, 0.5) is 0 Å². The maximum absolute atomic E-state index is 6.75. The van der Waals surface area contributed by atoms with Gasteiger partial charge in [0.25, 0.3) is 0 Å². The molecule has 0 aromatic rings. The molecule has 0 fully saturated rings. The van der Waals surface area contributed by atoms with Gasteiger partial charge in [0, 0.05) is 6.42 Å². The van der Waals surface area contributed by atoms with Crippen LogP contribution in [-0.2, 0) is 0 Å². The van der Waals surface area contributed by atoms with Crippen molar-refractivity contribution >= 4 is 5.84 Å². The zero-order valence-electron chi connectivity index (χ0n) is 3.78. The molecule has 0 amide bonds. The Morgan fingerprint density at radius 2 is 2.50 bits per heavy atom. The van der Waals surface area contributed by atoms with Crippen molar-refractivity contribution in [1.29, 1.82) is 5.41 Å². The molecule has 0 aliphatic rings. The lowest BCUT2D eigenvalue weighted by molar-refractivity contribution is 0.965. The van der Waals surface area contributed by atoms with Crippen molar-refractivity contribution in [2.45, 2.75) is 13.3 Å². The molecular formula is C3H9N3. The van der Waals surface area contributed by atoms with Gasteiger partial charge in [-0.1, -0.05) is 6.92 Å². The number of nitrogens with one attached hydrogen (secondary N) is 2. The van der Waals surface area contributed by atoms with Crippen LogP contribution in [0.5, 0.6) is 0 Å². The summed E-state index contributed by atoms with van der Waals surface area (Å²) in [6.45, 7) is 1.86. The van der Waals surface area contributed by atoms with Crippen LogP contribution >= 0.6 is 0 Å². The van der Waals surface area contributed by atoms with E-state index in [-0.39, 0.29) is 0 Å². The van der Waals surface area contributed by atoms with Crippen molar-refractivity contribution in [1.82, 2.24) is 5.43 Å². The zero-order valence-corrected chi connectivity index (χ0v) is 3.78. The molecule has 0 aliphatic carbocycles. The summed E-state index contributed by atoms with van der Waals surface area (Å²) in [6, 6.07) is 0. The monoisotopic (exact) mass is 87.1 g/mol. The predicted octanol–water partition coefficient (Wildman–Crippen LogP) is -0.163. The van der Waals surface area contributed by atoms with Gasteiger partial charge in [-0.15, -0.1) is 0 Å². The van der Waals surface area contributed by atoms with Gasteiger partial charge in [-0.2, -0.15) is 0 Å². The van der Waals surface area contributed by atoms with Crippen molar-refractivity contribution in [2.24, 2.45) is 5.84 Å². The summed E-state index contributed by atoms with van der Waals surface area (Å²) in [5.74, 6) is 5.18. The molecule has 4 N–H and O–H groups in total. The Kier molecular flexibility index (Phi) is 2.40. The van der Waals surface area contributed by atoms with Crippen molar-refractivity contribution in [3.8, 4) is 0 Å². The predicted molar refractivity (Wildman–Crippen MR) is 25.3 cm³/mol. The van der Waals surface area contributed by atoms with E-state index in [0.29, 0.717) is 12.3 Å². The Balaban J connectivity index is 2.99. The summed E-state index contributed by atoms with van der Waals surface area (Å²) >= 11 is 0. The first kappa shape index (κ1) is 5.43. The van der Waals surface area contributed by atoms with E-state index in [1.165, 1.54) is 0 Å². The maximum Gasteiger partial charge on any atom is 0.107 e. The minimum absolute atomic E-state index is 0.370. The molecule has 0 heterocycles. The van der Waals surface area contributed by atoms with Crippen molar-refractivity contribution in [3.05, 3.63) is 0 Å². The molecule has 0 bridgehead atoms. The first-order valence-electron chi connectivity index (χ1n) is 1.85. The van der Waals surface area contributed by atoms with Crippen LogP contribution in [0.15, 0.2) is 0 Å². The lowest BCUT2D eigenvalue weighted by atomic mass is 10.5. The summed E-state index contributed by atoms with van der Waals surface area (Å²) in [7, 11) is 0. The fraction of sp³-hybridized carbons (Fsp3) is 0.667. The van der Waals surface area contributed by atoms with Crippen LogP contribution in [-0.4, -0.2) is 5.84 Å². The van der Waals surface area contributed by atoms with E-state index in [9.17, 15) is 0 Å². The van der Waals surface area contributed by atoms with Crippen LogP contribution in [0, 0.1) is 5.41 Å². The Bertz CT molecular complexity index is 44.0. The van der Waals surface area contributed by atoms with Gasteiger partial charge >= 0.3 is 0 Å². The van der Waals surface area contributed by atoms with Crippen LogP contribution in [0.3, 0.4) is 0 Å². The number of nitrogens with two attached hydrogens (primary N) is 1. The first-order valence-corrected chi connectivity index (χ1v) is 1.85. The number of hydrogen-bond acceptors (Lipinski definition) is 2. The Morgan fingerprint density at radius 1 is 2.00 bits per heavy atom. The topological polar surface area (TPSA) is 61.9 Å². The van der Waals surface area contributed by atoms with E-state index in [4.69, 9.17) is 11.3 Å². The smallest absolute Gasteiger partial charge is 0.107 e. The molecule has 3 heteroatoms. The summed E-state index contributed by atoms with van der Waals surface area (Å²) in [5, 5.41) is 6.75. The third-order valence-electron chi connectivity index (χ3n) is 0.528. The molecule has 0 aromatic carbocycles. The van der Waals surface area contributed by atoms with Crippen molar-refractivity contribution in [3.63, 3.8) is 0 Å². The molecule has 0 atom stereocenters. The molecular weight excluding hydrogens is 78.1 g/mol. The molecule has 6 heavy (non-hydrogen) atoms. The summed E-state index contributed by atoms with van der Waals surface area (Å²) in [6.07, 6.45) is 0.677. The minimum Gasteiger partial charge on any atom is -0.312 e. The van der Waals surface area contributed by atoms with E-state index in [0.717, 1.165) is 0 Å². The largest absolute Gasteiger partial charge is 0.312 e. The number of hydrazine groups is 1. The quantitative estimate of drug-likeness (QED) is 0.180. The first-order chi connectivity index (χ1) is 2.81. The van der Waals surface area contributed by atoms with Crippen LogP contribution in [0.25, 0.3) is 0 Å². The fourth-order valence-corrected chi connectivity index (χ4v) is 0.102. The minimum atomic E-state index is 0.370. The van der Waals surface area contributed by atoms with Gasteiger partial charge < -0.3 is 5.43 Å². The summed E-state index contributed by atoms with van der Waals surface area (Å²) in [4.78, 5) is 0. The Morgan fingerprint density at radius 3 is 2.50 bits per heavy atom. The van der Waals surface area contributed by atoms with Gasteiger partial charge in [-0.05, 0) is 0 Å². The van der Waals surface area contributed by atoms with Gasteiger partial charge in [-0.3, -0.25) is 5.41 Å². The average Bonchev–Trinajstić information content (AvgIpc) is 1.65. The average molecular weight is 87.1 g/mol. The highest BCUT2D eigenvalue weighted by molar-refractivity contribution is 5.77. The van der Waals surface area contributed by atoms with Crippen LogP contribution in [0.2, 0.25) is 0 Å². The van der Waals surface area contributed by atoms with E-state index in [1.54, 1.807) is 0 Å². The zero-order chi connectivity index (χ0) is 4.99. The SMILES string of the molecule is CCC(=N)NN. The molecule has 0 spiro atoms. The van der Waals surface area contributed by atoms with Gasteiger partial charge in [0.05, 0.1) is 0 Å². The van der Waals surface area contributed by atoms with Crippen LogP contribution in [0.1, 0.15) is 13.3 Å². The molecule has 36 valence electrons. The molecule has 0 saturated heterocycles. The molecule has 0 aromatic heterocycles. The fourth-order valence-electron chi connectivity index (χ4n) is 0.102. The maximum atomic E-state index is 6.75. The standard InChI is InChI=1S/C3H9N3/c1-2-3(4)6-5/h2,5H2,1H3,(H2,4,6). The Hall–Kier alpha value is -0.570. The van der Waals surface area contributed by atoms with Crippen molar-refractivity contribution < 1.29 is 0 Å². The highest BCUT2D eigenvalue weighted by Crippen LogP contribution is 1.68. The molecule has 0 rings (SSSR count). The van der Waals surface area contributed by atoms with Crippen molar-refractivity contribution in [2.75, 3.05) is 0 Å². The molecule has 0 aliphatic heterocycles. The molecule has 0 saturated carbocycles. The third kappa shape index (κ3) is 1.72. The normalized spacial score (nSPS) is 7.67. The summed E-state index contributed by atoms with van der Waals surface area (Å²) in [5.41, 5.74) is 2.20. The molecule has 0 unspecified atom stereocenters. The van der Waals surface area contributed by atoms with E-state index in [1.807, 2.05) is 6.92 Å². The third-order valence-corrected chi connectivity index (χ3v) is 0.528. The van der Waals surface area contributed by atoms with Crippen LogP contribution < -0.4 is 11.3 Å². The molecule has 3 nitrogen and oxygen atoms in total. The van der Waals surface area contributed by atoms with Gasteiger partial charge in [0.2, 0.25) is 0 Å². The number of rotatable bonds is 1. The lowest BCUT2D eigenvalue weighted by Crippen LogP contribution is -2.28. The van der Waals surface area contributed by atoms with Gasteiger partial charge in [0.15, 0.2) is 0 Å². The van der Waals surface area contributed by atoms with E-state index < -0.39 is 0 Å². The van der Waals surface area contributed by atoms with E-state index in [2.05, 4.69) is 5.43 Å². The Labute approximate surface area is 37.0 Å². The lowest BCUT2D eigenvalue weighted by Gasteiger charge is -1.92. The number of amidine groups is 1. The highest BCUT2D eigenvalue weighted by atomic mass is 15.2. The van der Waals surface area contributed by atoms with Gasteiger partial charge in [-0.25, -0.2) is 5.84 Å².